The van der Waals surface area contributed by atoms with E-state index in [2.05, 4.69) is 9.80 Å². The maximum absolute atomic E-state index is 10.1. The van der Waals surface area contributed by atoms with Crippen LogP contribution < -0.4 is 5.73 Å². The molecule has 0 spiro atoms. The van der Waals surface area contributed by atoms with Gasteiger partial charge in [-0.1, -0.05) is 83.5 Å². The molecule has 5 unspecified atom stereocenters. The fourth-order valence-corrected chi connectivity index (χ4v) is 5.36. The van der Waals surface area contributed by atoms with Crippen molar-refractivity contribution >= 4 is 0 Å². The third kappa shape index (κ3) is 24.5. The predicted octanol–water partition coefficient (Wildman–Crippen LogP) is 4.29. The van der Waals surface area contributed by atoms with Crippen LogP contribution in [-0.2, 0) is 0 Å². The molecule has 0 heterocycles. The topological polar surface area (TPSA) is 113 Å². The second kappa shape index (κ2) is 24.7. The van der Waals surface area contributed by atoms with E-state index in [9.17, 15) is 20.4 Å². The van der Waals surface area contributed by atoms with E-state index in [1.807, 2.05) is 0 Å². The van der Waals surface area contributed by atoms with Crippen LogP contribution >= 0.6 is 0 Å². The van der Waals surface area contributed by atoms with E-state index < -0.39 is 24.4 Å². The predicted molar refractivity (Wildman–Crippen MR) is 157 cm³/mol. The van der Waals surface area contributed by atoms with Crippen LogP contribution in [0.1, 0.15) is 124 Å². The first-order valence-electron chi connectivity index (χ1n) is 15.5. The van der Waals surface area contributed by atoms with Gasteiger partial charge < -0.3 is 26.2 Å². The zero-order valence-corrected chi connectivity index (χ0v) is 25.0. The van der Waals surface area contributed by atoms with Gasteiger partial charge >= 0.3 is 0 Å². The molecule has 0 saturated carbocycles. The Hall–Kier alpha value is -0.280. The smallest absolute Gasteiger partial charge is 0.0639 e. The van der Waals surface area contributed by atoms with E-state index in [0.717, 1.165) is 19.4 Å². The lowest BCUT2D eigenvalue weighted by Crippen LogP contribution is -2.50. The molecule has 37 heavy (non-hydrogen) atoms. The summed E-state index contributed by atoms with van der Waals surface area (Å²) in [5, 5.41) is 40.1. The number of hydrogen-bond acceptors (Lipinski definition) is 7. The van der Waals surface area contributed by atoms with Crippen molar-refractivity contribution in [3.8, 4) is 0 Å². The number of aliphatic hydroxyl groups is 4. The summed E-state index contributed by atoms with van der Waals surface area (Å²) < 4.78 is 0. The molecule has 0 amide bonds. The second-order valence-corrected chi connectivity index (χ2v) is 11.7. The summed E-state index contributed by atoms with van der Waals surface area (Å²) in [5.74, 6) is 0. The van der Waals surface area contributed by atoms with E-state index in [1.165, 1.54) is 83.5 Å². The monoisotopic (exact) mass is 531 g/mol. The first-order chi connectivity index (χ1) is 17.6. The van der Waals surface area contributed by atoms with Gasteiger partial charge in [-0.15, -0.1) is 0 Å². The molecule has 0 aromatic rings. The van der Waals surface area contributed by atoms with Crippen LogP contribution in [0.15, 0.2) is 0 Å². The molecule has 0 aliphatic heterocycles. The normalized spacial score (nSPS) is 16.3. The van der Waals surface area contributed by atoms with E-state index in [-0.39, 0.29) is 6.04 Å². The van der Waals surface area contributed by atoms with Gasteiger partial charge in [-0.05, 0) is 47.1 Å². The van der Waals surface area contributed by atoms with Gasteiger partial charge in [-0.25, -0.2) is 0 Å². The Labute approximate surface area is 229 Å². The third-order valence-electron chi connectivity index (χ3n) is 7.02. The van der Waals surface area contributed by atoms with Crippen molar-refractivity contribution in [1.82, 2.24) is 9.80 Å². The van der Waals surface area contributed by atoms with Crippen LogP contribution in [0.4, 0.5) is 0 Å². The Morgan fingerprint density at radius 1 is 0.459 bits per heavy atom. The molecular weight excluding hydrogens is 466 g/mol. The largest absolute Gasteiger partial charge is 0.392 e. The lowest BCUT2D eigenvalue weighted by molar-refractivity contribution is 0.0229. The van der Waals surface area contributed by atoms with Crippen LogP contribution in [0.3, 0.4) is 0 Å². The number of nitrogens with two attached hydrogens (primary N) is 1. The van der Waals surface area contributed by atoms with Crippen LogP contribution in [0, 0.1) is 0 Å². The first-order valence-corrected chi connectivity index (χ1v) is 15.5. The summed E-state index contributed by atoms with van der Waals surface area (Å²) in [6.07, 6.45) is 17.3. The van der Waals surface area contributed by atoms with Gasteiger partial charge in [0.05, 0.1) is 24.4 Å². The highest BCUT2D eigenvalue weighted by atomic mass is 16.3. The summed E-state index contributed by atoms with van der Waals surface area (Å²) in [6.45, 7) is 10.7. The van der Waals surface area contributed by atoms with Crippen molar-refractivity contribution in [2.24, 2.45) is 5.73 Å². The minimum absolute atomic E-state index is 0.164. The SMILES string of the molecule is CC(O)CN(CC(C)O)CC(CCCCCCCCCCCCCCCCN)N(CC(C)O)CC(C)O. The average molecular weight is 532 g/mol. The van der Waals surface area contributed by atoms with Crippen LogP contribution in [0.5, 0.6) is 0 Å². The molecule has 6 N–H and O–H groups in total. The summed E-state index contributed by atoms with van der Waals surface area (Å²) >= 11 is 0. The Morgan fingerprint density at radius 2 is 0.784 bits per heavy atom. The van der Waals surface area contributed by atoms with Gasteiger partial charge in [-0.2, -0.15) is 0 Å². The molecule has 0 fully saturated rings. The van der Waals surface area contributed by atoms with E-state index in [0.29, 0.717) is 32.7 Å². The third-order valence-corrected chi connectivity index (χ3v) is 7.02. The molecule has 7 nitrogen and oxygen atoms in total. The molecule has 0 radical (unpaired) electrons. The zero-order valence-electron chi connectivity index (χ0n) is 25.0. The summed E-state index contributed by atoms with van der Waals surface area (Å²) in [4.78, 5) is 4.32. The fourth-order valence-electron chi connectivity index (χ4n) is 5.36. The highest BCUT2D eigenvalue weighted by Crippen LogP contribution is 2.17. The van der Waals surface area contributed by atoms with Crippen molar-refractivity contribution in [3.05, 3.63) is 0 Å². The Bertz CT molecular complexity index is 458. The summed E-state index contributed by atoms with van der Waals surface area (Å²) in [7, 11) is 0. The highest BCUT2D eigenvalue weighted by Gasteiger charge is 2.24. The molecule has 7 heteroatoms. The highest BCUT2D eigenvalue weighted by molar-refractivity contribution is 4.80. The van der Waals surface area contributed by atoms with Gasteiger partial charge in [-0.3, -0.25) is 9.80 Å². The maximum atomic E-state index is 10.1. The maximum Gasteiger partial charge on any atom is 0.0639 e. The van der Waals surface area contributed by atoms with Crippen molar-refractivity contribution in [2.45, 2.75) is 154 Å². The number of unbranched alkanes of at least 4 members (excludes halogenated alkanes) is 13. The van der Waals surface area contributed by atoms with Crippen LogP contribution in [-0.4, -0.2) is 100.0 Å². The van der Waals surface area contributed by atoms with E-state index >= 15 is 0 Å². The molecule has 0 aliphatic carbocycles. The van der Waals surface area contributed by atoms with Gasteiger partial charge in [0, 0.05) is 38.8 Å². The second-order valence-electron chi connectivity index (χ2n) is 11.7. The van der Waals surface area contributed by atoms with Gasteiger partial charge in [0.1, 0.15) is 0 Å². The molecule has 0 bridgehead atoms. The molecule has 0 aromatic carbocycles. The number of rotatable bonds is 27. The van der Waals surface area contributed by atoms with E-state index in [4.69, 9.17) is 5.73 Å². The van der Waals surface area contributed by atoms with Gasteiger partial charge in [0.2, 0.25) is 0 Å². The Morgan fingerprint density at radius 3 is 1.11 bits per heavy atom. The molecule has 224 valence electrons. The molecule has 0 aromatic heterocycles. The lowest BCUT2D eigenvalue weighted by Gasteiger charge is -2.38. The average Bonchev–Trinajstić information content (AvgIpc) is 2.78. The Kier molecular flexibility index (Phi) is 24.6. The van der Waals surface area contributed by atoms with Crippen LogP contribution in [0.2, 0.25) is 0 Å². The molecule has 0 aliphatic rings. The standard InChI is InChI=1S/C30H65N3O4/c1-26(34)21-32(22-27(2)35)25-30(33(23-28(3)36)24-29(4)37)19-17-15-13-11-9-7-5-6-8-10-12-14-16-18-20-31/h26-30,34-37H,5-25,31H2,1-4H3. The minimum Gasteiger partial charge on any atom is -0.392 e. The fraction of sp³-hybridized carbons (Fsp3) is 1.00. The number of aliphatic hydroxyl groups excluding tert-OH is 4. The van der Waals surface area contributed by atoms with Crippen molar-refractivity contribution < 1.29 is 20.4 Å². The van der Waals surface area contributed by atoms with E-state index in [1.54, 1.807) is 27.7 Å². The molecule has 5 atom stereocenters. The van der Waals surface area contributed by atoms with Crippen LogP contribution in [0.25, 0.3) is 0 Å². The zero-order chi connectivity index (χ0) is 27.9. The minimum atomic E-state index is -0.473. The number of hydrogen-bond donors (Lipinski definition) is 5. The van der Waals surface area contributed by atoms with Crippen molar-refractivity contribution in [3.63, 3.8) is 0 Å². The summed E-state index contributed by atoms with van der Waals surface area (Å²) in [5.41, 5.74) is 5.54. The Balaban J connectivity index is 4.42. The summed E-state index contributed by atoms with van der Waals surface area (Å²) in [6, 6.07) is 0.164. The number of nitrogens with zero attached hydrogens (tertiary/aromatic N) is 2. The van der Waals surface area contributed by atoms with Gasteiger partial charge in [0.15, 0.2) is 0 Å². The first kappa shape index (κ1) is 36.7. The molecule has 0 saturated heterocycles. The molecule has 0 rings (SSSR count). The quantitative estimate of drug-likeness (QED) is 0.100. The van der Waals surface area contributed by atoms with Gasteiger partial charge in [0.25, 0.3) is 0 Å². The van der Waals surface area contributed by atoms with Crippen molar-refractivity contribution in [2.75, 3.05) is 39.3 Å². The van der Waals surface area contributed by atoms with Crippen molar-refractivity contribution in [1.29, 1.82) is 0 Å². The molecular formula is C30H65N3O4. The lowest BCUT2D eigenvalue weighted by atomic mass is 10.0.